The molecule has 0 bridgehead atoms. The van der Waals surface area contributed by atoms with E-state index in [0.29, 0.717) is 28.9 Å². The molecule has 0 aliphatic carbocycles. The summed E-state index contributed by atoms with van der Waals surface area (Å²) in [5.74, 6) is 1.82. The Morgan fingerprint density at radius 1 is 0.957 bits per heavy atom. The molecule has 0 spiro atoms. The summed E-state index contributed by atoms with van der Waals surface area (Å²) in [5, 5.41) is 27.6. The first kappa shape index (κ1) is 37.5. The summed E-state index contributed by atoms with van der Waals surface area (Å²) in [6.07, 6.45) is 3.58. The molecule has 14 heteroatoms. The van der Waals surface area contributed by atoms with Crippen LogP contribution in [0.25, 0.3) is 0 Å². The minimum absolute atomic E-state index is 0.0250. The van der Waals surface area contributed by atoms with E-state index in [4.69, 9.17) is 39.4 Å². The van der Waals surface area contributed by atoms with Gasteiger partial charge >= 0.3 is 7.82 Å². The van der Waals surface area contributed by atoms with E-state index in [2.05, 4.69) is 11.4 Å². The predicted molar refractivity (Wildman–Crippen MR) is 171 cm³/mol. The molecule has 2 aromatic carbocycles. The van der Waals surface area contributed by atoms with Gasteiger partial charge in [0.1, 0.15) is 28.8 Å². The highest BCUT2D eigenvalue weighted by Gasteiger charge is 2.42. The molecule has 2 atom stereocenters. The Labute approximate surface area is 275 Å². The standard InChI is InChI=1S/C16H18N2O2.C12H14NO5P.C4H7NO.CH4O/c1-16(2)9-13(18-7-3-4-15(18)19)12-8-11(10-17)5-6-14(12)20-16;1-12(2)11(18-19(14,15)16)6-9-5-8(7-13)3-4-10(9)17-12;6-4-2-1-3-5-4;1-2/h5-6,8,13H,3-4,7,9H2,1-2H3;3-5,11H,6H2,1-2H3,(H2,14,15,16);1-3H2,(H,5,6);2H,1H3/t13-;11-;;/m00../s1. The van der Waals surface area contributed by atoms with Crippen molar-refractivity contribution < 1.29 is 43.0 Å². The van der Waals surface area contributed by atoms with E-state index in [9.17, 15) is 14.2 Å². The van der Waals surface area contributed by atoms with Crippen LogP contribution < -0.4 is 14.8 Å². The number of amides is 2. The summed E-state index contributed by atoms with van der Waals surface area (Å²) in [6.45, 7) is 9.18. The van der Waals surface area contributed by atoms with E-state index >= 15 is 0 Å². The smallest absolute Gasteiger partial charge is 0.470 e. The van der Waals surface area contributed by atoms with Crippen LogP contribution in [-0.2, 0) is 25.1 Å². The van der Waals surface area contributed by atoms with Crippen molar-refractivity contribution in [2.45, 2.75) is 89.6 Å². The summed E-state index contributed by atoms with van der Waals surface area (Å²) in [7, 11) is -3.59. The zero-order valence-corrected chi connectivity index (χ0v) is 28.3. The molecule has 0 unspecified atom stereocenters. The van der Waals surface area contributed by atoms with E-state index in [-0.39, 0.29) is 29.9 Å². The van der Waals surface area contributed by atoms with Crippen LogP contribution in [0.5, 0.6) is 11.5 Å². The van der Waals surface area contributed by atoms with Crippen LogP contribution >= 0.6 is 7.82 Å². The summed E-state index contributed by atoms with van der Waals surface area (Å²) in [4.78, 5) is 42.0. The second-order valence-electron chi connectivity index (χ2n) is 12.5. The Kier molecular flexibility index (Phi) is 12.6. The number of nitrogens with zero attached hydrogens (tertiary/aromatic N) is 3. The topological polar surface area (TPSA) is 202 Å². The van der Waals surface area contributed by atoms with Gasteiger partial charge in [-0.3, -0.25) is 14.1 Å². The lowest BCUT2D eigenvalue weighted by Crippen LogP contribution is -2.47. The van der Waals surface area contributed by atoms with Crippen LogP contribution in [0.2, 0.25) is 0 Å². The largest absolute Gasteiger partial charge is 0.487 e. The van der Waals surface area contributed by atoms with Crippen LogP contribution in [0.1, 0.15) is 88.1 Å². The maximum Gasteiger partial charge on any atom is 0.470 e. The second-order valence-corrected chi connectivity index (χ2v) is 13.7. The molecule has 47 heavy (non-hydrogen) atoms. The van der Waals surface area contributed by atoms with Crippen LogP contribution in [-0.4, -0.2) is 69.1 Å². The van der Waals surface area contributed by atoms with E-state index in [1.54, 1.807) is 38.1 Å². The normalized spacial score (nSPS) is 21.5. The predicted octanol–water partition coefficient (Wildman–Crippen LogP) is 4.04. The molecule has 2 fully saturated rings. The third kappa shape index (κ3) is 10.3. The van der Waals surface area contributed by atoms with Crippen molar-refractivity contribution in [3.05, 3.63) is 58.7 Å². The number of fused-ring (bicyclic) bond motifs is 2. The average Bonchev–Trinajstić information content (AvgIpc) is 3.67. The molecular formula is C33H43N4O9P. The minimum atomic E-state index is -4.59. The quantitative estimate of drug-likeness (QED) is 0.343. The lowest BCUT2D eigenvalue weighted by molar-refractivity contribution is -0.131. The molecule has 4 aliphatic rings. The number of likely N-dealkylation sites (tertiary alicyclic amines) is 1. The molecule has 4 N–H and O–H groups in total. The van der Waals surface area contributed by atoms with E-state index in [0.717, 1.165) is 57.2 Å². The van der Waals surface area contributed by atoms with Gasteiger partial charge in [-0.2, -0.15) is 10.5 Å². The van der Waals surface area contributed by atoms with Gasteiger partial charge in [0.05, 0.1) is 29.3 Å². The maximum absolute atomic E-state index is 12.1. The average molecular weight is 671 g/mol. The number of nitriles is 2. The van der Waals surface area contributed by atoms with Gasteiger partial charge in [0.25, 0.3) is 0 Å². The summed E-state index contributed by atoms with van der Waals surface area (Å²) < 4.78 is 27.5. The number of aliphatic hydroxyl groups is 1. The third-order valence-corrected chi connectivity index (χ3v) is 8.50. The highest BCUT2D eigenvalue weighted by Crippen LogP contribution is 2.45. The number of aliphatic hydroxyl groups excluding tert-OH is 1. The number of carbonyl (C=O) groups is 2. The first-order valence-electron chi connectivity index (χ1n) is 15.3. The van der Waals surface area contributed by atoms with Gasteiger partial charge in [0.2, 0.25) is 11.8 Å². The first-order valence-corrected chi connectivity index (χ1v) is 16.8. The number of phosphoric ester groups is 1. The molecule has 2 amide bonds. The maximum atomic E-state index is 12.1. The van der Waals surface area contributed by atoms with E-state index < -0.39 is 19.5 Å². The van der Waals surface area contributed by atoms with Crippen LogP contribution in [0.4, 0.5) is 0 Å². The highest BCUT2D eigenvalue weighted by molar-refractivity contribution is 7.46. The van der Waals surface area contributed by atoms with E-state index in [1.807, 2.05) is 36.9 Å². The number of nitrogens with one attached hydrogen (secondary N) is 1. The fourth-order valence-corrected chi connectivity index (χ4v) is 6.42. The molecule has 0 radical (unpaired) electrons. The number of hydrogen-bond acceptors (Lipinski definition) is 9. The highest BCUT2D eigenvalue weighted by atomic mass is 31.2. The van der Waals surface area contributed by atoms with Crippen molar-refractivity contribution in [1.29, 1.82) is 10.5 Å². The van der Waals surface area contributed by atoms with Gasteiger partial charge in [0, 0.05) is 51.4 Å². The number of rotatable bonds is 3. The Morgan fingerprint density at radius 3 is 2.11 bits per heavy atom. The zero-order chi connectivity index (χ0) is 35.0. The second kappa shape index (κ2) is 15.7. The van der Waals surface area contributed by atoms with Crippen molar-refractivity contribution >= 4 is 19.6 Å². The van der Waals surface area contributed by atoms with E-state index in [1.165, 1.54) is 0 Å². The third-order valence-electron chi connectivity index (χ3n) is 7.97. The lowest BCUT2D eigenvalue weighted by atomic mass is 9.88. The van der Waals surface area contributed by atoms with Gasteiger partial charge in [-0.1, -0.05) is 0 Å². The molecule has 4 aliphatic heterocycles. The van der Waals surface area contributed by atoms with Gasteiger partial charge in [0.15, 0.2) is 0 Å². The van der Waals surface area contributed by atoms with Gasteiger partial charge in [-0.05, 0) is 82.5 Å². The molecule has 0 aromatic heterocycles. The van der Waals surface area contributed by atoms with Crippen molar-refractivity contribution in [1.82, 2.24) is 10.2 Å². The first-order chi connectivity index (χ1) is 22.1. The Morgan fingerprint density at radius 2 is 1.60 bits per heavy atom. The van der Waals surface area contributed by atoms with Gasteiger partial charge in [-0.15, -0.1) is 0 Å². The number of hydrogen-bond donors (Lipinski definition) is 4. The van der Waals surface area contributed by atoms with Gasteiger partial charge < -0.3 is 34.6 Å². The molecule has 0 saturated carbocycles. The fraction of sp³-hybridized carbons (Fsp3) is 0.515. The fourth-order valence-electron chi connectivity index (χ4n) is 5.76. The van der Waals surface area contributed by atoms with Crippen LogP contribution in [0, 0.1) is 22.7 Å². The number of carbonyl (C=O) groups excluding carboxylic acids is 2. The summed E-state index contributed by atoms with van der Waals surface area (Å²) in [5.41, 5.74) is 1.60. The molecule has 2 saturated heterocycles. The summed E-state index contributed by atoms with van der Waals surface area (Å²) in [6, 6.07) is 14.6. The minimum Gasteiger partial charge on any atom is -0.487 e. The Hall–Kier alpha value is -3.97. The summed E-state index contributed by atoms with van der Waals surface area (Å²) >= 11 is 0. The van der Waals surface area contributed by atoms with Crippen molar-refractivity contribution in [2.24, 2.45) is 0 Å². The Balaban J connectivity index is 0.000000208. The molecule has 6 rings (SSSR count). The lowest BCUT2D eigenvalue weighted by Gasteiger charge is -2.41. The Bertz CT molecular complexity index is 1570. The van der Waals surface area contributed by atoms with Gasteiger partial charge in [-0.25, -0.2) is 4.57 Å². The number of ether oxygens (including phenoxy) is 2. The molecule has 254 valence electrons. The van der Waals surface area contributed by atoms with Crippen LogP contribution in [0.15, 0.2) is 36.4 Å². The molecular weight excluding hydrogens is 627 g/mol. The molecule has 4 heterocycles. The van der Waals surface area contributed by atoms with Crippen molar-refractivity contribution in [2.75, 3.05) is 20.2 Å². The van der Waals surface area contributed by atoms with Crippen molar-refractivity contribution in [3.8, 4) is 23.6 Å². The molecule has 2 aromatic rings. The number of benzene rings is 2. The SMILES string of the molecule is CC1(C)C[C@H](N2CCCC2=O)c2cc(C#N)ccc2O1.CC1(C)Oc2ccc(C#N)cc2C[C@@H]1OP(=O)(O)O.CO.O=C1CCCN1. The van der Waals surface area contributed by atoms with Crippen LogP contribution in [0.3, 0.4) is 0 Å². The monoisotopic (exact) mass is 670 g/mol. The van der Waals surface area contributed by atoms with Crippen molar-refractivity contribution in [3.63, 3.8) is 0 Å². The number of phosphoric acid groups is 1. The zero-order valence-electron chi connectivity index (χ0n) is 27.4. The molecule has 13 nitrogen and oxygen atoms in total.